The van der Waals surface area contributed by atoms with Gasteiger partial charge in [0.15, 0.2) is 0 Å². The summed E-state index contributed by atoms with van der Waals surface area (Å²) in [4.78, 5) is 11.8. The van der Waals surface area contributed by atoms with Gasteiger partial charge in [-0.3, -0.25) is 4.79 Å². The first-order chi connectivity index (χ1) is 9.19. The summed E-state index contributed by atoms with van der Waals surface area (Å²) >= 11 is 0. The molecule has 0 saturated carbocycles. The number of terminal acetylenes is 1. The third-order valence-electron chi connectivity index (χ3n) is 3.24. The molecule has 0 saturated heterocycles. The van der Waals surface area contributed by atoms with Gasteiger partial charge in [-0.05, 0) is 43.5 Å². The fraction of sp³-hybridized carbons (Fsp3) is 0.438. The van der Waals surface area contributed by atoms with Crippen molar-refractivity contribution < 1.29 is 4.79 Å². The van der Waals surface area contributed by atoms with E-state index >= 15 is 0 Å². The van der Waals surface area contributed by atoms with Gasteiger partial charge in [0.2, 0.25) is 5.91 Å². The van der Waals surface area contributed by atoms with Crippen LogP contribution < -0.4 is 11.1 Å². The summed E-state index contributed by atoms with van der Waals surface area (Å²) in [6.07, 6.45) is 8.78. The Labute approximate surface area is 115 Å². The van der Waals surface area contributed by atoms with E-state index in [1.54, 1.807) is 6.07 Å². The van der Waals surface area contributed by atoms with Crippen LogP contribution in [-0.4, -0.2) is 12.5 Å². The van der Waals surface area contributed by atoms with Crippen LogP contribution in [0.1, 0.15) is 38.2 Å². The molecule has 0 spiro atoms. The standard InChI is InChI=1S/C16H22N2O/c1-3-13(10-11-17)8-9-16(19)18-15-7-5-6-14(4-2)12-15/h2,5-7,12-13H,3,8-11,17H2,1H3,(H,18,19). The molecule has 1 aromatic rings. The van der Waals surface area contributed by atoms with Gasteiger partial charge in [-0.1, -0.05) is 25.3 Å². The number of carbonyl (C=O) groups is 1. The normalized spacial score (nSPS) is 11.6. The first kappa shape index (κ1) is 15.3. The summed E-state index contributed by atoms with van der Waals surface area (Å²) in [5.74, 6) is 3.12. The molecule has 0 aliphatic rings. The highest BCUT2D eigenvalue weighted by atomic mass is 16.1. The average Bonchev–Trinajstić information content (AvgIpc) is 2.43. The first-order valence-electron chi connectivity index (χ1n) is 6.76. The topological polar surface area (TPSA) is 55.1 Å². The van der Waals surface area contributed by atoms with Crippen LogP contribution in [0.15, 0.2) is 24.3 Å². The minimum atomic E-state index is 0.0321. The molecule has 0 radical (unpaired) electrons. The molecule has 102 valence electrons. The van der Waals surface area contributed by atoms with Crippen molar-refractivity contribution in [2.75, 3.05) is 11.9 Å². The van der Waals surface area contributed by atoms with Gasteiger partial charge in [0.05, 0.1) is 0 Å². The molecule has 1 unspecified atom stereocenters. The van der Waals surface area contributed by atoms with E-state index in [2.05, 4.69) is 18.2 Å². The number of hydrogen-bond acceptors (Lipinski definition) is 2. The predicted octanol–water partition coefficient (Wildman–Crippen LogP) is 2.76. The van der Waals surface area contributed by atoms with Crippen LogP contribution in [0.4, 0.5) is 5.69 Å². The zero-order chi connectivity index (χ0) is 14.1. The molecular formula is C16H22N2O. The van der Waals surface area contributed by atoms with Gasteiger partial charge in [-0.25, -0.2) is 0 Å². The highest BCUT2D eigenvalue weighted by Crippen LogP contribution is 2.16. The van der Waals surface area contributed by atoms with Crippen molar-refractivity contribution in [3.8, 4) is 12.3 Å². The maximum absolute atomic E-state index is 11.8. The van der Waals surface area contributed by atoms with Crippen LogP contribution in [0.5, 0.6) is 0 Å². The van der Waals surface area contributed by atoms with E-state index in [0.717, 1.165) is 30.5 Å². The van der Waals surface area contributed by atoms with E-state index in [4.69, 9.17) is 12.2 Å². The van der Waals surface area contributed by atoms with Crippen LogP contribution in [0, 0.1) is 18.3 Å². The van der Waals surface area contributed by atoms with Gasteiger partial charge in [0.25, 0.3) is 0 Å². The number of nitrogens with two attached hydrogens (primary N) is 1. The van der Waals surface area contributed by atoms with Crippen molar-refractivity contribution in [2.45, 2.75) is 32.6 Å². The maximum Gasteiger partial charge on any atom is 0.224 e. The Kier molecular flexibility index (Phi) is 6.70. The fourth-order valence-electron chi connectivity index (χ4n) is 2.03. The fourth-order valence-corrected chi connectivity index (χ4v) is 2.03. The molecule has 1 atom stereocenters. The number of amides is 1. The van der Waals surface area contributed by atoms with E-state index in [9.17, 15) is 4.79 Å². The molecular weight excluding hydrogens is 236 g/mol. The second-order valence-corrected chi connectivity index (χ2v) is 4.66. The van der Waals surface area contributed by atoms with E-state index in [1.807, 2.05) is 18.2 Å². The van der Waals surface area contributed by atoms with Crippen LogP contribution >= 0.6 is 0 Å². The summed E-state index contributed by atoms with van der Waals surface area (Å²) in [6.45, 7) is 2.82. The monoisotopic (exact) mass is 258 g/mol. The number of benzene rings is 1. The Morgan fingerprint density at radius 2 is 2.26 bits per heavy atom. The van der Waals surface area contributed by atoms with Gasteiger partial charge < -0.3 is 11.1 Å². The molecule has 3 nitrogen and oxygen atoms in total. The number of anilines is 1. The van der Waals surface area contributed by atoms with E-state index < -0.39 is 0 Å². The van der Waals surface area contributed by atoms with Gasteiger partial charge in [0.1, 0.15) is 0 Å². The molecule has 1 rings (SSSR count). The minimum Gasteiger partial charge on any atom is -0.330 e. The Morgan fingerprint density at radius 1 is 1.47 bits per heavy atom. The molecule has 0 bridgehead atoms. The summed E-state index contributed by atoms with van der Waals surface area (Å²) in [5.41, 5.74) is 7.08. The van der Waals surface area contributed by atoms with Crippen molar-refractivity contribution in [3.05, 3.63) is 29.8 Å². The molecule has 0 aliphatic heterocycles. The van der Waals surface area contributed by atoms with Crippen molar-refractivity contribution in [1.29, 1.82) is 0 Å². The molecule has 1 amide bonds. The Balaban J connectivity index is 2.44. The van der Waals surface area contributed by atoms with Crippen molar-refractivity contribution in [3.63, 3.8) is 0 Å². The predicted molar refractivity (Wildman–Crippen MR) is 79.7 cm³/mol. The van der Waals surface area contributed by atoms with E-state index in [0.29, 0.717) is 18.9 Å². The highest BCUT2D eigenvalue weighted by Gasteiger charge is 2.09. The zero-order valence-corrected chi connectivity index (χ0v) is 11.5. The van der Waals surface area contributed by atoms with Crippen molar-refractivity contribution >= 4 is 11.6 Å². The summed E-state index contributed by atoms with van der Waals surface area (Å²) in [7, 11) is 0. The molecule has 3 heteroatoms. The van der Waals surface area contributed by atoms with E-state index in [-0.39, 0.29) is 5.91 Å². The molecule has 1 aromatic carbocycles. The molecule has 0 aromatic heterocycles. The number of nitrogens with one attached hydrogen (secondary N) is 1. The summed E-state index contributed by atoms with van der Waals surface area (Å²) in [5, 5.41) is 2.87. The Bertz CT molecular complexity index is 448. The van der Waals surface area contributed by atoms with Crippen molar-refractivity contribution in [1.82, 2.24) is 0 Å². The van der Waals surface area contributed by atoms with Gasteiger partial charge >= 0.3 is 0 Å². The van der Waals surface area contributed by atoms with Crippen LogP contribution in [0.2, 0.25) is 0 Å². The molecule has 0 fully saturated rings. The minimum absolute atomic E-state index is 0.0321. The number of rotatable bonds is 7. The zero-order valence-electron chi connectivity index (χ0n) is 11.5. The largest absolute Gasteiger partial charge is 0.330 e. The Hall–Kier alpha value is -1.79. The lowest BCUT2D eigenvalue weighted by Gasteiger charge is -2.13. The molecule has 19 heavy (non-hydrogen) atoms. The average molecular weight is 258 g/mol. The lowest BCUT2D eigenvalue weighted by molar-refractivity contribution is -0.116. The summed E-state index contributed by atoms with van der Waals surface area (Å²) in [6, 6.07) is 7.32. The second-order valence-electron chi connectivity index (χ2n) is 4.66. The van der Waals surface area contributed by atoms with Crippen LogP contribution in [0.25, 0.3) is 0 Å². The van der Waals surface area contributed by atoms with Crippen LogP contribution in [-0.2, 0) is 4.79 Å². The van der Waals surface area contributed by atoms with Crippen LogP contribution in [0.3, 0.4) is 0 Å². The Morgan fingerprint density at radius 3 is 2.89 bits per heavy atom. The third kappa shape index (κ3) is 5.58. The quantitative estimate of drug-likeness (QED) is 0.739. The third-order valence-corrected chi connectivity index (χ3v) is 3.24. The molecule has 0 heterocycles. The smallest absolute Gasteiger partial charge is 0.224 e. The van der Waals surface area contributed by atoms with Gasteiger partial charge in [-0.2, -0.15) is 0 Å². The second kappa shape index (κ2) is 8.34. The maximum atomic E-state index is 11.8. The van der Waals surface area contributed by atoms with E-state index in [1.165, 1.54) is 0 Å². The molecule has 3 N–H and O–H groups in total. The lowest BCUT2D eigenvalue weighted by atomic mass is 9.96. The number of carbonyl (C=O) groups excluding carboxylic acids is 1. The van der Waals surface area contributed by atoms with Gasteiger partial charge in [0, 0.05) is 17.7 Å². The first-order valence-corrected chi connectivity index (χ1v) is 6.76. The lowest BCUT2D eigenvalue weighted by Crippen LogP contribution is -2.15. The van der Waals surface area contributed by atoms with Crippen molar-refractivity contribution in [2.24, 2.45) is 11.7 Å². The number of hydrogen-bond donors (Lipinski definition) is 2. The highest BCUT2D eigenvalue weighted by molar-refractivity contribution is 5.90. The SMILES string of the molecule is C#Cc1cccc(NC(=O)CCC(CC)CCN)c1. The summed E-state index contributed by atoms with van der Waals surface area (Å²) < 4.78 is 0. The molecule has 0 aliphatic carbocycles. The van der Waals surface area contributed by atoms with Gasteiger partial charge in [-0.15, -0.1) is 6.42 Å².